The van der Waals surface area contributed by atoms with Crippen LogP contribution in [0.2, 0.25) is 0 Å². The van der Waals surface area contributed by atoms with E-state index < -0.39 is 0 Å². The number of carbonyl (C=O) groups excluding carboxylic acids is 1. The highest BCUT2D eigenvalue weighted by Gasteiger charge is 2.21. The van der Waals surface area contributed by atoms with Crippen LogP contribution < -0.4 is 0 Å². The summed E-state index contributed by atoms with van der Waals surface area (Å²) in [5, 5.41) is 12.8. The summed E-state index contributed by atoms with van der Waals surface area (Å²) < 4.78 is 1.68. The van der Waals surface area contributed by atoms with Crippen molar-refractivity contribution in [3.8, 4) is 6.07 Å². The smallest absolute Gasteiger partial charge is 0.274 e. The molecule has 0 N–H and O–H groups in total. The first-order valence-electron chi connectivity index (χ1n) is 5.66. The fraction of sp³-hybridized carbons (Fsp3) is 0.583. The van der Waals surface area contributed by atoms with E-state index in [4.69, 9.17) is 5.26 Å². The summed E-state index contributed by atoms with van der Waals surface area (Å²) in [6, 6.07) is 3.89. The SMILES string of the molecule is Cc1cc(C(=O)N(CCC#N)C(C)C)nn1C. The third-order valence-electron chi connectivity index (χ3n) is 2.68. The van der Waals surface area contributed by atoms with Crippen molar-refractivity contribution in [1.29, 1.82) is 5.26 Å². The van der Waals surface area contributed by atoms with Crippen LogP contribution in [0.25, 0.3) is 0 Å². The van der Waals surface area contributed by atoms with Crippen LogP contribution in [0.3, 0.4) is 0 Å². The molecule has 17 heavy (non-hydrogen) atoms. The van der Waals surface area contributed by atoms with E-state index in [1.165, 1.54) is 0 Å². The molecular formula is C12H18N4O. The first kappa shape index (κ1) is 13.2. The lowest BCUT2D eigenvalue weighted by Crippen LogP contribution is -2.37. The number of hydrogen-bond acceptors (Lipinski definition) is 3. The van der Waals surface area contributed by atoms with Gasteiger partial charge in [-0.15, -0.1) is 0 Å². The van der Waals surface area contributed by atoms with E-state index in [9.17, 15) is 4.79 Å². The number of nitrogens with zero attached hydrogens (tertiary/aromatic N) is 4. The summed E-state index contributed by atoms with van der Waals surface area (Å²) >= 11 is 0. The van der Waals surface area contributed by atoms with Crippen molar-refractivity contribution in [3.05, 3.63) is 17.5 Å². The molecule has 0 aromatic carbocycles. The number of rotatable bonds is 4. The Morgan fingerprint density at radius 1 is 1.65 bits per heavy atom. The van der Waals surface area contributed by atoms with Gasteiger partial charge in [0.2, 0.25) is 0 Å². The molecule has 1 aromatic heterocycles. The Morgan fingerprint density at radius 2 is 2.29 bits per heavy atom. The predicted octanol–water partition coefficient (Wildman–Crippen LogP) is 1.49. The Kier molecular flexibility index (Phi) is 4.27. The van der Waals surface area contributed by atoms with Gasteiger partial charge in [0, 0.05) is 25.3 Å². The third-order valence-corrected chi connectivity index (χ3v) is 2.68. The molecular weight excluding hydrogens is 216 g/mol. The fourth-order valence-corrected chi connectivity index (χ4v) is 1.58. The van der Waals surface area contributed by atoms with E-state index in [1.54, 1.807) is 22.7 Å². The molecule has 5 nitrogen and oxygen atoms in total. The normalized spacial score (nSPS) is 10.4. The maximum atomic E-state index is 12.2. The quantitative estimate of drug-likeness (QED) is 0.793. The van der Waals surface area contributed by atoms with E-state index in [0.29, 0.717) is 18.7 Å². The third kappa shape index (κ3) is 3.06. The molecule has 0 aliphatic carbocycles. The zero-order valence-electron chi connectivity index (χ0n) is 10.8. The molecule has 0 saturated heterocycles. The Labute approximate surface area is 102 Å². The van der Waals surface area contributed by atoms with Gasteiger partial charge in [-0.3, -0.25) is 9.48 Å². The van der Waals surface area contributed by atoms with Crippen LogP contribution >= 0.6 is 0 Å². The average molecular weight is 234 g/mol. The second-order valence-electron chi connectivity index (χ2n) is 4.29. The van der Waals surface area contributed by atoms with Gasteiger partial charge >= 0.3 is 0 Å². The zero-order valence-corrected chi connectivity index (χ0v) is 10.8. The molecule has 0 bridgehead atoms. The number of amides is 1. The number of aryl methyl sites for hydroxylation is 2. The Morgan fingerprint density at radius 3 is 2.71 bits per heavy atom. The van der Waals surface area contributed by atoms with Crippen LogP contribution in [-0.2, 0) is 7.05 Å². The molecule has 0 spiro atoms. The summed E-state index contributed by atoms with van der Waals surface area (Å²) in [4.78, 5) is 13.9. The molecule has 0 aliphatic heterocycles. The molecule has 1 amide bonds. The minimum atomic E-state index is -0.112. The Hall–Kier alpha value is -1.83. The molecule has 0 radical (unpaired) electrons. The van der Waals surface area contributed by atoms with Gasteiger partial charge in [0.1, 0.15) is 0 Å². The summed E-state index contributed by atoms with van der Waals surface area (Å²) in [6.45, 7) is 6.22. The Bertz CT molecular complexity index is 422. The van der Waals surface area contributed by atoms with Crippen molar-refractivity contribution in [1.82, 2.24) is 14.7 Å². The van der Waals surface area contributed by atoms with Crippen LogP contribution in [0, 0.1) is 18.3 Å². The maximum Gasteiger partial charge on any atom is 0.274 e. The molecule has 1 heterocycles. The van der Waals surface area contributed by atoms with Crippen molar-refractivity contribution < 1.29 is 4.79 Å². The van der Waals surface area contributed by atoms with Gasteiger partial charge < -0.3 is 4.90 Å². The standard InChI is InChI=1S/C12H18N4O/c1-9(2)16(7-5-6-13)12(17)11-8-10(3)15(4)14-11/h8-9H,5,7H2,1-4H3. The summed E-state index contributed by atoms with van der Waals surface area (Å²) in [7, 11) is 1.81. The highest BCUT2D eigenvalue weighted by atomic mass is 16.2. The monoisotopic (exact) mass is 234 g/mol. The maximum absolute atomic E-state index is 12.2. The van der Waals surface area contributed by atoms with E-state index in [-0.39, 0.29) is 11.9 Å². The molecule has 1 aromatic rings. The average Bonchev–Trinajstić information content (AvgIpc) is 2.59. The molecule has 0 unspecified atom stereocenters. The van der Waals surface area contributed by atoms with Crippen molar-refractivity contribution in [2.75, 3.05) is 6.54 Å². The molecule has 0 fully saturated rings. The van der Waals surface area contributed by atoms with Gasteiger partial charge in [-0.2, -0.15) is 10.4 Å². The fourth-order valence-electron chi connectivity index (χ4n) is 1.58. The molecule has 0 saturated carbocycles. The van der Waals surface area contributed by atoms with Crippen molar-refractivity contribution >= 4 is 5.91 Å². The lowest BCUT2D eigenvalue weighted by molar-refractivity contribution is 0.0703. The van der Waals surface area contributed by atoms with E-state index in [1.807, 2.05) is 20.8 Å². The van der Waals surface area contributed by atoms with E-state index in [0.717, 1.165) is 5.69 Å². The van der Waals surface area contributed by atoms with E-state index >= 15 is 0 Å². The van der Waals surface area contributed by atoms with Crippen LogP contribution in [0.4, 0.5) is 0 Å². The summed E-state index contributed by atoms with van der Waals surface area (Å²) in [5.41, 5.74) is 1.38. The summed E-state index contributed by atoms with van der Waals surface area (Å²) in [6.07, 6.45) is 0.343. The van der Waals surface area contributed by atoms with Gasteiger partial charge in [0.15, 0.2) is 5.69 Å². The van der Waals surface area contributed by atoms with Gasteiger partial charge in [-0.05, 0) is 26.8 Å². The second-order valence-corrected chi connectivity index (χ2v) is 4.29. The zero-order chi connectivity index (χ0) is 13.0. The largest absolute Gasteiger partial charge is 0.334 e. The minimum absolute atomic E-state index is 0.0677. The van der Waals surface area contributed by atoms with Crippen molar-refractivity contribution in [3.63, 3.8) is 0 Å². The molecule has 0 atom stereocenters. The van der Waals surface area contributed by atoms with Crippen molar-refractivity contribution in [2.45, 2.75) is 33.2 Å². The van der Waals surface area contributed by atoms with Gasteiger partial charge in [0.25, 0.3) is 5.91 Å². The lowest BCUT2D eigenvalue weighted by Gasteiger charge is -2.24. The molecule has 92 valence electrons. The van der Waals surface area contributed by atoms with Crippen LogP contribution in [0.1, 0.15) is 36.5 Å². The molecule has 5 heteroatoms. The van der Waals surface area contributed by atoms with Gasteiger partial charge in [-0.1, -0.05) is 0 Å². The number of aromatic nitrogens is 2. The molecule has 0 aliphatic rings. The van der Waals surface area contributed by atoms with Crippen LogP contribution in [-0.4, -0.2) is 33.2 Å². The topological polar surface area (TPSA) is 61.9 Å². The van der Waals surface area contributed by atoms with Crippen molar-refractivity contribution in [2.24, 2.45) is 7.05 Å². The lowest BCUT2D eigenvalue weighted by atomic mass is 10.2. The first-order valence-corrected chi connectivity index (χ1v) is 5.66. The highest BCUT2D eigenvalue weighted by molar-refractivity contribution is 5.92. The van der Waals surface area contributed by atoms with Gasteiger partial charge in [0.05, 0.1) is 12.5 Å². The highest BCUT2D eigenvalue weighted by Crippen LogP contribution is 2.09. The number of nitriles is 1. The second kappa shape index (κ2) is 5.48. The van der Waals surface area contributed by atoms with Crippen LogP contribution in [0.15, 0.2) is 6.07 Å². The van der Waals surface area contributed by atoms with Gasteiger partial charge in [-0.25, -0.2) is 0 Å². The van der Waals surface area contributed by atoms with E-state index in [2.05, 4.69) is 11.2 Å². The first-order chi connectivity index (χ1) is 7.97. The number of carbonyl (C=O) groups is 1. The Balaban J connectivity index is 2.88. The molecule has 1 rings (SSSR count). The number of hydrogen-bond donors (Lipinski definition) is 0. The summed E-state index contributed by atoms with van der Waals surface area (Å²) in [5.74, 6) is -0.112. The predicted molar refractivity (Wildman–Crippen MR) is 64.3 cm³/mol. The van der Waals surface area contributed by atoms with Crippen LogP contribution in [0.5, 0.6) is 0 Å². The minimum Gasteiger partial charge on any atom is -0.334 e.